The minimum absolute atomic E-state index is 0.0230. The molecular formula is C17H21N3O2S2. The molecule has 0 radical (unpaired) electrons. The number of aromatic nitrogens is 1. The molecule has 0 aromatic carbocycles. The van der Waals surface area contributed by atoms with Crippen LogP contribution in [0.25, 0.3) is 0 Å². The lowest BCUT2D eigenvalue weighted by Crippen LogP contribution is -2.34. The zero-order chi connectivity index (χ0) is 16.5. The quantitative estimate of drug-likeness (QED) is 0.886. The average Bonchev–Trinajstić information content (AvgIpc) is 3.32. The van der Waals surface area contributed by atoms with Crippen molar-refractivity contribution < 1.29 is 9.53 Å². The number of thiazole rings is 1. The maximum atomic E-state index is 12.1. The molecule has 0 bridgehead atoms. The summed E-state index contributed by atoms with van der Waals surface area (Å²) in [6.45, 7) is 6.51. The van der Waals surface area contributed by atoms with E-state index >= 15 is 0 Å². The molecule has 2 aromatic rings. The fourth-order valence-corrected chi connectivity index (χ4v) is 5.07. The number of nitrogens with one attached hydrogen (secondary N) is 1. The van der Waals surface area contributed by atoms with Gasteiger partial charge in [-0.3, -0.25) is 9.69 Å². The van der Waals surface area contributed by atoms with E-state index in [1.807, 2.05) is 22.3 Å². The van der Waals surface area contributed by atoms with Gasteiger partial charge in [-0.25, -0.2) is 4.98 Å². The molecule has 2 aliphatic heterocycles. The highest BCUT2D eigenvalue weighted by Crippen LogP contribution is 2.34. The fraction of sp³-hybridized carbons (Fsp3) is 0.529. The van der Waals surface area contributed by atoms with Gasteiger partial charge in [0.2, 0.25) is 0 Å². The van der Waals surface area contributed by atoms with E-state index in [0.717, 1.165) is 37.5 Å². The number of thiophene rings is 1. The number of rotatable bonds is 5. The van der Waals surface area contributed by atoms with Gasteiger partial charge in [0.05, 0.1) is 23.9 Å². The molecule has 0 unspecified atom stereocenters. The smallest absolute Gasteiger partial charge is 0.252 e. The van der Waals surface area contributed by atoms with Crippen LogP contribution in [0.2, 0.25) is 0 Å². The van der Waals surface area contributed by atoms with E-state index < -0.39 is 0 Å². The summed E-state index contributed by atoms with van der Waals surface area (Å²) in [7, 11) is 0. The minimum atomic E-state index is 0.0230. The van der Waals surface area contributed by atoms with Crippen LogP contribution in [0.1, 0.15) is 20.9 Å². The van der Waals surface area contributed by atoms with Gasteiger partial charge in [-0.2, -0.15) is 11.3 Å². The predicted octanol–water partition coefficient (Wildman–Crippen LogP) is 2.39. The molecule has 2 saturated heterocycles. The summed E-state index contributed by atoms with van der Waals surface area (Å²) in [6, 6.07) is 1.86. The van der Waals surface area contributed by atoms with Crippen molar-refractivity contribution in [3.63, 3.8) is 0 Å². The number of amides is 1. The number of carbonyl (C=O) groups is 1. The summed E-state index contributed by atoms with van der Waals surface area (Å²) in [6.07, 6.45) is 0.307. The van der Waals surface area contributed by atoms with Crippen LogP contribution in [0.4, 0.5) is 0 Å². The summed E-state index contributed by atoms with van der Waals surface area (Å²) >= 11 is 3.28. The van der Waals surface area contributed by atoms with Gasteiger partial charge in [-0.05, 0) is 18.4 Å². The number of likely N-dealkylation sites (tertiary alicyclic amines) is 1. The monoisotopic (exact) mass is 363 g/mol. The minimum Gasteiger partial charge on any atom is -0.376 e. The topological polar surface area (TPSA) is 54.5 Å². The Kier molecular flexibility index (Phi) is 4.67. The molecule has 0 spiro atoms. The van der Waals surface area contributed by atoms with Gasteiger partial charge >= 0.3 is 0 Å². The molecule has 2 fully saturated rings. The van der Waals surface area contributed by atoms with Crippen LogP contribution >= 0.6 is 22.7 Å². The second-order valence-electron chi connectivity index (χ2n) is 6.57. The summed E-state index contributed by atoms with van der Waals surface area (Å²) in [5.74, 6) is 0.945. The van der Waals surface area contributed by atoms with Crippen LogP contribution in [0.5, 0.6) is 0 Å². The van der Waals surface area contributed by atoms with Gasteiger partial charge in [0.15, 0.2) is 0 Å². The van der Waals surface area contributed by atoms with Crippen molar-refractivity contribution in [2.45, 2.75) is 19.6 Å². The molecule has 4 heterocycles. The molecule has 0 saturated carbocycles. The Labute approximate surface area is 149 Å². The molecule has 3 atom stereocenters. The highest BCUT2D eigenvalue weighted by atomic mass is 32.1. The molecule has 0 aliphatic carbocycles. The molecule has 24 heavy (non-hydrogen) atoms. The van der Waals surface area contributed by atoms with Crippen molar-refractivity contribution >= 4 is 28.6 Å². The van der Waals surface area contributed by atoms with Crippen molar-refractivity contribution in [3.8, 4) is 0 Å². The van der Waals surface area contributed by atoms with Crippen molar-refractivity contribution in [1.82, 2.24) is 15.2 Å². The van der Waals surface area contributed by atoms with Crippen LogP contribution in [0.3, 0.4) is 0 Å². The molecular weight excluding hydrogens is 342 g/mol. The van der Waals surface area contributed by atoms with Crippen molar-refractivity contribution in [2.24, 2.45) is 11.8 Å². The van der Waals surface area contributed by atoms with Gasteiger partial charge in [0.1, 0.15) is 0 Å². The Balaban J connectivity index is 1.31. The van der Waals surface area contributed by atoms with Crippen molar-refractivity contribution in [2.75, 3.05) is 26.2 Å². The lowest BCUT2D eigenvalue weighted by Gasteiger charge is -2.19. The Morgan fingerprint density at radius 1 is 1.50 bits per heavy atom. The van der Waals surface area contributed by atoms with E-state index in [4.69, 9.17) is 4.74 Å². The standard InChI is InChI=1S/C17H21N3O2S2/c1-11-16(24-10-19-11)7-20-5-14-13(8-22-15(14)6-20)4-18-17(21)12-2-3-23-9-12/h2-3,9-10,13-15H,4-8H2,1H3,(H,18,21)/t13-,14-,15-/m1/s1. The summed E-state index contributed by atoms with van der Waals surface area (Å²) in [5.41, 5.74) is 3.81. The lowest BCUT2D eigenvalue weighted by atomic mass is 9.93. The van der Waals surface area contributed by atoms with Crippen molar-refractivity contribution in [1.29, 1.82) is 0 Å². The van der Waals surface area contributed by atoms with E-state index in [-0.39, 0.29) is 5.91 Å². The molecule has 4 rings (SSSR count). The van der Waals surface area contributed by atoms with Gasteiger partial charge in [0, 0.05) is 53.8 Å². The fourth-order valence-electron chi connectivity index (χ4n) is 3.62. The van der Waals surface area contributed by atoms with Crippen LogP contribution < -0.4 is 5.32 Å². The number of fused-ring (bicyclic) bond motifs is 1. The molecule has 1 amide bonds. The molecule has 2 aliphatic rings. The average molecular weight is 364 g/mol. The number of ether oxygens (including phenoxy) is 1. The molecule has 5 nitrogen and oxygen atoms in total. The number of aryl methyl sites for hydroxylation is 1. The lowest BCUT2D eigenvalue weighted by molar-refractivity contribution is 0.0904. The first-order valence-electron chi connectivity index (χ1n) is 8.24. The van der Waals surface area contributed by atoms with E-state index in [1.165, 1.54) is 4.88 Å². The number of hydrogen-bond acceptors (Lipinski definition) is 6. The van der Waals surface area contributed by atoms with E-state index in [0.29, 0.717) is 24.5 Å². The van der Waals surface area contributed by atoms with Crippen LogP contribution in [-0.2, 0) is 11.3 Å². The van der Waals surface area contributed by atoms with Crippen molar-refractivity contribution in [3.05, 3.63) is 38.5 Å². The van der Waals surface area contributed by atoms with Gasteiger partial charge in [0.25, 0.3) is 5.91 Å². The number of hydrogen-bond donors (Lipinski definition) is 1. The maximum Gasteiger partial charge on any atom is 0.252 e. The van der Waals surface area contributed by atoms with Gasteiger partial charge < -0.3 is 10.1 Å². The van der Waals surface area contributed by atoms with Crippen LogP contribution in [-0.4, -0.2) is 48.1 Å². The van der Waals surface area contributed by atoms with Crippen LogP contribution in [0, 0.1) is 18.8 Å². The Morgan fingerprint density at radius 2 is 2.42 bits per heavy atom. The maximum absolute atomic E-state index is 12.1. The second kappa shape index (κ2) is 6.92. The van der Waals surface area contributed by atoms with Gasteiger partial charge in [-0.15, -0.1) is 11.3 Å². The first-order valence-corrected chi connectivity index (χ1v) is 10.1. The van der Waals surface area contributed by atoms with E-state index in [1.54, 1.807) is 22.7 Å². The molecule has 7 heteroatoms. The Hall–Kier alpha value is -1.28. The first-order chi connectivity index (χ1) is 11.7. The van der Waals surface area contributed by atoms with Gasteiger partial charge in [-0.1, -0.05) is 0 Å². The van der Waals surface area contributed by atoms with Crippen LogP contribution in [0.15, 0.2) is 22.3 Å². The zero-order valence-corrected chi connectivity index (χ0v) is 15.2. The first kappa shape index (κ1) is 16.2. The molecule has 2 aromatic heterocycles. The van der Waals surface area contributed by atoms with E-state index in [2.05, 4.69) is 22.1 Å². The summed E-state index contributed by atoms with van der Waals surface area (Å²) in [5, 5.41) is 6.89. The zero-order valence-electron chi connectivity index (χ0n) is 13.6. The number of carbonyl (C=O) groups excluding carboxylic acids is 1. The third-order valence-electron chi connectivity index (χ3n) is 5.03. The third-order valence-corrected chi connectivity index (χ3v) is 6.64. The second-order valence-corrected chi connectivity index (χ2v) is 8.29. The Morgan fingerprint density at radius 3 is 3.17 bits per heavy atom. The molecule has 128 valence electrons. The highest BCUT2D eigenvalue weighted by Gasteiger charge is 2.43. The largest absolute Gasteiger partial charge is 0.376 e. The predicted molar refractivity (Wildman–Crippen MR) is 95.5 cm³/mol. The molecule has 1 N–H and O–H groups in total. The SMILES string of the molecule is Cc1ncsc1CN1C[C@@H]2[C@H](CNC(=O)c3ccsc3)CO[C@@H]2C1. The third kappa shape index (κ3) is 3.26. The summed E-state index contributed by atoms with van der Waals surface area (Å²) in [4.78, 5) is 20.2. The summed E-state index contributed by atoms with van der Waals surface area (Å²) < 4.78 is 5.99. The number of nitrogens with zero attached hydrogens (tertiary/aromatic N) is 2. The van der Waals surface area contributed by atoms with E-state index in [9.17, 15) is 4.79 Å². The Bertz CT molecular complexity index is 701. The highest BCUT2D eigenvalue weighted by molar-refractivity contribution is 7.09. The normalized spacial score (nSPS) is 26.6.